The van der Waals surface area contributed by atoms with Gasteiger partial charge in [0.1, 0.15) is 0 Å². The monoisotopic (exact) mass is 288 g/mol. The highest BCUT2D eigenvalue weighted by molar-refractivity contribution is 7.98. The first-order valence-corrected chi connectivity index (χ1v) is 8.58. The van der Waals surface area contributed by atoms with Crippen LogP contribution in [0.15, 0.2) is 0 Å². The van der Waals surface area contributed by atoms with Crippen LogP contribution < -0.4 is 5.32 Å². The maximum Gasteiger partial charge on any atom is 0.237 e. The average molecular weight is 288 g/mol. The van der Waals surface area contributed by atoms with Gasteiger partial charge in [-0.15, -0.1) is 0 Å². The van der Waals surface area contributed by atoms with Crippen molar-refractivity contribution in [2.75, 3.05) is 18.6 Å². The van der Waals surface area contributed by atoms with E-state index in [2.05, 4.69) is 24.1 Å². The van der Waals surface area contributed by atoms with E-state index >= 15 is 0 Å². The van der Waals surface area contributed by atoms with Gasteiger partial charge in [0.15, 0.2) is 0 Å². The Morgan fingerprint density at radius 1 is 1.42 bits per heavy atom. The predicted molar refractivity (Wildman–Crippen MR) is 81.5 cm³/mol. The number of carbonyl (C=O) groups excluding carboxylic acids is 1. The van der Waals surface area contributed by atoms with Gasteiger partial charge in [0.25, 0.3) is 0 Å². The van der Waals surface area contributed by atoms with E-state index in [1.807, 2.05) is 13.2 Å². The number of aliphatic hydroxyl groups is 1. The third-order valence-electron chi connectivity index (χ3n) is 4.04. The van der Waals surface area contributed by atoms with Gasteiger partial charge in [-0.05, 0) is 46.3 Å². The van der Waals surface area contributed by atoms with Gasteiger partial charge in [-0.2, -0.15) is 11.8 Å². The molecule has 1 aliphatic rings. The van der Waals surface area contributed by atoms with Crippen molar-refractivity contribution >= 4 is 17.7 Å². The van der Waals surface area contributed by atoms with Crippen molar-refractivity contribution in [3.05, 3.63) is 0 Å². The Bertz CT molecular complexity index is 273. The number of aliphatic hydroxyl groups excluding tert-OH is 1. The molecule has 0 aromatic carbocycles. The van der Waals surface area contributed by atoms with E-state index in [-0.39, 0.29) is 24.6 Å². The van der Waals surface area contributed by atoms with Crippen molar-refractivity contribution in [1.82, 2.24) is 10.2 Å². The van der Waals surface area contributed by atoms with E-state index in [9.17, 15) is 4.79 Å². The SMILES string of the molecule is CSCC(CCO)NC(=O)C(C)N1C(C)CCC1C. The fourth-order valence-electron chi connectivity index (χ4n) is 2.99. The second-order valence-corrected chi connectivity index (χ2v) is 6.48. The summed E-state index contributed by atoms with van der Waals surface area (Å²) in [6.07, 6.45) is 4.99. The normalized spacial score (nSPS) is 27.2. The van der Waals surface area contributed by atoms with E-state index in [1.165, 1.54) is 12.8 Å². The minimum absolute atomic E-state index is 0.0724. The zero-order valence-corrected chi connectivity index (χ0v) is 13.4. The highest BCUT2D eigenvalue weighted by atomic mass is 32.2. The molecule has 0 aromatic rings. The minimum atomic E-state index is -0.0875. The molecule has 1 amide bonds. The Labute approximate surface area is 121 Å². The van der Waals surface area contributed by atoms with Gasteiger partial charge in [-0.25, -0.2) is 0 Å². The number of carbonyl (C=O) groups is 1. The van der Waals surface area contributed by atoms with Gasteiger partial charge < -0.3 is 10.4 Å². The quantitative estimate of drug-likeness (QED) is 0.745. The third-order valence-corrected chi connectivity index (χ3v) is 4.77. The third kappa shape index (κ3) is 4.65. The molecule has 1 rings (SSSR count). The molecule has 0 aliphatic carbocycles. The molecule has 1 aliphatic heterocycles. The number of nitrogens with one attached hydrogen (secondary N) is 1. The maximum absolute atomic E-state index is 12.3. The lowest BCUT2D eigenvalue weighted by atomic mass is 10.1. The lowest BCUT2D eigenvalue weighted by Crippen LogP contribution is -2.51. The van der Waals surface area contributed by atoms with Gasteiger partial charge in [-0.3, -0.25) is 9.69 Å². The summed E-state index contributed by atoms with van der Waals surface area (Å²) in [7, 11) is 0. The van der Waals surface area contributed by atoms with E-state index < -0.39 is 0 Å². The van der Waals surface area contributed by atoms with Gasteiger partial charge in [0.2, 0.25) is 5.91 Å². The highest BCUT2D eigenvalue weighted by Gasteiger charge is 2.34. The molecule has 112 valence electrons. The number of amides is 1. The lowest BCUT2D eigenvalue weighted by molar-refractivity contribution is -0.127. The van der Waals surface area contributed by atoms with Crippen molar-refractivity contribution < 1.29 is 9.90 Å². The molecule has 1 heterocycles. The molecule has 4 nitrogen and oxygen atoms in total. The smallest absolute Gasteiger partial charge is 0.237 e. The van der Waals surface area contributed by atoms with Crippen LogP contribution in [0.4, 0.5) is 0 Å². The number of nitrogens with zero attached hydrogens (tertiary/aromatic N) is 1. The van der Waals surface area contributed by atoms with Crippen molar-refractivity contribution in [2.24, 2.45) is 0 Å². The van der Waals surface area contributed by atoms with Crippen LogP contribution in [-0.2, 0) is 4.79 Å². The molecule has 0 spiro atoms. The fourth-order valence-corrected chi connectivity index (χ4v) is 3.64. The van der Waals surface area contributed by atoms with Crippen molar-refractivity contribution in [3.8, 4) is 0 Å². The van der Waals surface area contributed by atoms with E-state index in [4.69, 9.17) is 5.11 Å². The van der Waals surface area contributed by atoms with Crippen molar-refractivity contribution in [3.63, 3.8) is 0 Å². The molecule has 0 radical (unpaired) electrons. The molecule has 4 unspecified atom stereocenters. The minimum Gasteiger partial charge on any atom is -0.396 e. The number of hydrogen-bond acceptors (Lipinski definition) is 4. The Morgan fingerprint density at radius 3 is 2.47 bits per heavy atom. The van der Waals surface area contributed by atoms with Crippen LogP contribution in [0.3, 0.4) is 0 Å². The molecular weight excluding hydrogens is 260 g/mol. The molecule has 5 heteroatoms. The fraction of sp³-hybridized carbons (Fsp3) is 0.929. The van der Waals surface area contributed by atoms with Crippen LogP contribution >= 0.6 is 11.8 Å². The number of hydrogen-bond donors (Lipinski definition) is 2. The largest absolute Gasteiger partial charge is 0.396 e. The number of thioether (sulfide) groups is 1. The van der Waals surface area contributed by atoms with E-state index in [1.54, 1.807) is 11.8 Å². The molecule has 19 heavy (non-hydrogen) atoms. The Balaban J connectivity index is 2.55. The second-order valence-electron chi connectivity index (χ2n) is 5.57. The molecule has 1 saturated heterocycles. The summed E-state index contributed by atoms with van der Waals surface area (Å²) in [4.78, 5) is 14.6. The number of rotatable bonds is 7. The summed E-state index contributed by atoms with van der Waals surface area (Å²) in [6, 6.07) is 0.943. The first-order valence-electron chi connectivity index (χ1n) is 7.18. The molecule has 1 fully saturated rings. The standard InChI is InChI=1S/C14H28N2O2S/c1-10-5-6-11(2)16(10)12(3)14(18)15-13(7-8-17)9-19-4/h10-13,17H,5-9H2,1-4H3,(H,15,18). The Hall–Kier alpha value is -0.260. The van der Waals surface area contributed by atoms with Gasteiger partial charge in [0.05, 0.1) is 6.04 Å². The molecule has 0 bridgehead atoms. The van der Waals surface area contributed by atoms with Gasteiger partial charge in [0, 0.05) is 30.5 Å². The second kappa shape index (κ2) is 8.12. The highest BCUT2D eigenvalue weighted by Crippen LogP contribution is 2.25. The van der Waals surface area contributed by atoms with Crippen molar-refractivity contribution in [1.29, 1.82) is 0 Å². The van der Waals surface area contributed by atoms with Gasteiger partial charge >= 0.3 is 0 Å². The van der Waals surface area contributed by atoms with E-state index in [0.29, 0.717) is 18.5 Å². The summed E-state index contributed by atoms with van der Waals surface area (Å²) in [5.74, 6) is 0.942. The molecule has 4 atom stereocenters. The maximum atomic E-state index is 12.3. The zero-order valence-electron chi connectivity index (χ0n) is 12.6. The summed E-state index contributed by atoms with van der Waals surface area (Å²) < 4.78 is 0. The predicted octanol–water partition coefficient (Wildman–Crippen LogP) is 1.48. The Morgan fingerprint density at radius 2 is 2.00 bits per heavy atom. The van der Waals surface area contributed by atoms with Gasteiger partial charge in [-0.1, -0.05) is 0 Å². The first-order chi connectivity index (χ1) is 9.01. The Kier molecular flexibility index (Phi) is 7.18. The zero-order chi connectivity index (χ0) is 14.4. The van der Waals surface area contributed by atoms with Crippen LogP contribution in [0.2, 0.25) is 0 Å². The molecule has 0 saturated carbocycles. The van der Waals surface area contributed by atoms with E-state index in [0.717, 1.165) is 5.75 Å². The lowest BCUT2D eigenvalue weighted by Gasteiger charge is -2.32. The average Bonchev–Trinajstić information content (AvgIpc) is 2.69. The summed E-state index contributed by atoms with van der Waals surface area (Å²) in [5, 5.41) is 12.1. The molecular formula is C14H28N2O2S. The number of likely N-dealkylation sites (tertiary alicyclic amines) is 1. The van der Waals surface area contributed by atoms with Crippen LogP contribution in [-0.4, -0.2) is 58.7 Å². The van der Waals surface area contributed by atoms with Crippen molar-refractivity contribution in [2.45, 2.75) is 64.2 Å². The molecule has 0 aromatic heterocycles. The summed E-state index contributed by atoms with van der Waals surface area (Å²) in [5.41, 5.74) is 0. The first kappa shape index (κ1) is 16.8. The summed E-state index contributed by atoms with van der Waals surface area (Å²) >= 11 is 1.70. The molecule has 2 N–H and O–H groups in total. The van der Waals surface area contributed by atoms with Crippen LogP contribution in [0.25, 0.3) is 0 Å². The topological polar surface area (TPSA) is 52.6 Å². The van der Waals surface area contributed by atoms with Crippen LogP contribution in [0.5, 0.6) is 0 Å². The summed E-state index contributed by atoms with van der Waals surface area (Å²) in [6.45, 7) is 6.50. The van der Waals surface area contributed by atoms with Crippen LogP contribution in [0.1, 0.15) is 40.0 Å². The van der Waals surface area contributed by atoms with Crippen LogP contribution in [0, 0.1) is 0 Å².